The Labute approximate surface area is 465 Å². The lowest BCUT2D eigenvalue weighted by molar-refractivity contribution is -0.161. The van der Waals surface area contributed by atoms with Crippen molar-refractivity contribution in [3.63, 3.8) is 0 Å². The molecule has 0 radical (unpaired) electrons. The van der Waals surface area contributed by atoms with Crippen LogP contribution in [0.3, 0.4) is 0 Å². The summed E-state index contributed by atoms with van der Waals surface area (Å²) in [5.74, 6) is -1.54. The molecule has 0 aliphatic rings. The van der Waals surface area contributed by atoms with Gasteiger partial charge in [-0.25, -0.2) is 4.57 Å². The summed E-state index contributed by atoms with van der Waals surface area (Å²) in [7, 11) is -4.77. The fraction of sp³-hybridized carbons (Fsp3) is 0.766. The third kappa shape index (κ3) is 55.7. The van der Waals surface area contributed by atoms with Crippen LogP contribution in [0.25, 0.3) is 0 Å². The van der Waals surface area contributed by atoms with Gasteiger partial charge in [0.1, 0.15) is 12.7 Å². The second-order valence-electron chi connectivity index (χ2n) is 20.5. The van der Waals surface area contributed by atoms with Crippen molar-refractivity contribution in [2.75, 3.05) is 26.4 Å². The zero-order valence-electron chi connectivity index (χ0n) is 48.7. The number of carbonyl (C=O) groups is 3. The standard InChI is InChI=1S/C64H113O11P/c1-4-7-10-13-16-19-22-25-27-29-30-32-33-36-38-41-44-47-50-53-62(66)71-57-61(75-64(68)55-52-49-46-43-40-37-34-31-28-26-23-20-17-14-11-8-5-2)59-73-76(69,70)72-58-60(56-65)74-63(67)54-51-48-45-42-39-35-24-21-18-15-12-9-6-3/h9,12,16,18-19,21,25,27,35,39,45,48,60-61,65H,4-8,10-11,13-15,17,20,22-24,26,28-34,36-38,40-44,46-47,49-59H2,1-3H3,(H,69,70)/b12-9-,19-16-,21-18-,27-25-,39-35-,48-45-. The Hall–Kier alpha value is -3.08. The SMILES string of the molecule is CC/C=C\C/C=C\C/C=C\C/C=C\CCC(=O)OC(CO)COP(=O)(O)OCC(COC(=O)CCCCCCCCCCC/C=C\C/C=C\CCCCC)OC(=O)CCCCCCCCCCCCCCCCCCC. The maximum Gasteiger partial charge on any atom is 0.472 e. The molecule has 0 rings (SSSR count). The topological polar surface area (TPSA) is 155 Å². The second kappa shape index (κ2) is 58.1. The van der Waals surface area contributed by atoms with Gasteiger partial charge in [0.2, 0.25) is 0 Å². The lowest BCUT2D eigenvalue weighted by Gasteiger charge is -2.21. The van der Waals surface area contributed by atoms with Gasteiger partial charge in [-0.05, 0) is 77.0 Å². The average Bonchev–Trinajstić information content (AvgIpc) is 3.41. The number of rotatable bonds is 57. The van der Waals surface area contributed by atoms with Gasteiger partial charge in [0, 0.05) is 19.3 Å². The Kier molecular flexibility index (Phi) is 55.7. The van der Waals surface area contributed by atoms with Crippen LogP contribution in [0.2, 0.25) is 0 Å². The molecule has 0 aliphatic heterocycles. The summed E-state index contributed by atoms with van der Waals surface area (Å²) in [6, 6.07) is 0. The summed E-state index contributed by atoms with van der Waals surface area (Å²) in [6.07, 6.45) is 65.9. The fourth-order valence-corrected chi connectivity index (χ4v) is 9.24. The van der Waals surface area contributed by atoms with Gasteiger partial charge in [-0.1, -0.05) is 254 Å². The molecule has 0 aromatic carbocycles. The van der Waals surface area contributed by atoms with Crippen LogP contribution in [0.1, 0.15) is 278 Å². The molecule has 0 aliphatic carbocycles. The number of ether oxygens (including phenoxy) is 3. The Morgan fingerprint density at radius 2 is 0.711 bits per heavy atom. The molecule has 3 atom stereocenters. The van der Waals surface area contributed by atoms with Crippen LogP contribution >= 0.6 is 7.82 Å². The Balaban J connectivity index is 4.74. The third-order valence-electron chi connectivity index (χ3n) is 13.1. The van der Waals surface area contributed by atoms with Crippen LogP contribution in [-0.4, -0.2) is 66.5 Å². The van der Waals surface area contributed by atoms with E-state index in [4.69, 9.17) is 23.3 Å². The summed E-state index contributed by atoms with van der Waals surface area (Å²) in [5, 5.41) is 9.80. The number of phosphoric ester groups is 1. The van der Waals surface area contributed by atoms with Crippen molar-refractivity contribution in [3.8, 4) is 0 Å². The summed E-state index contributed by atoms with van der Waals surface area (Å²) in [4.78, 5) is 48.6. The van der Waals surface area contributed by atoms with Crippen molar-refractivity contribution >= 4 is 25.7 Å². The number of allylic oxidation sites excluding steroid dienone is 12. The largest absolute Gasteiger partial charge is 0.472 e. The minimum atomic E-state index is -4.77. The van der Waals surface area contributed by atoms with E-state index in [1.807, 2.05) is 12.2 Å². The van der Waals surface area contributed by atoms with Crippen molar-refractivity contribution in [2.45, 2.75) is 290 Å². The smallest absolute Gasteiger partial charge is 0.462 e. The quantitative estimate of drug-likeness (QED) is 0.0197. The Bertz CT molecular complexity index is 1550. The minimum Gasteiger partial charge on any atom is -0.462 e. The highest BCUT2D eigenvalue weighted by molar-refractivity contribution is 7.47. The zero-order valence-corrected chi connectivity index (χ0v) is 49.6. The number of hydrogen-bond donors (Lipinski definition) is 2. The molecule has 12 heteroatoms. The van der Waals surface area contributed by atoms with Crippen molar-refractivity contribution in [1.29, 1.82) is 0 Å². The molecule has 3 unspecified atom stereocenters. The molecule has 76 heavy (non-hydrogen) atoms. The maximum absolute atomic E-state index is 12.9. The number of unbranched alkanes of at least 4 members (excludes halogenated alkanes) is 28. The molecular formula is C64H113O11P. The summed E-state index contributed by atoms with van der Waals surface area (Å²) < 4.78 is 39.5. The summed E-state index contributed by atoms with van der Waals surface area (Å²) in [5.41, 5.74) is 0. The van der Waals surface area contributed by atoms with Gasteiger partial charge in [0.15, 0.2) is 6.10 Å². The highest BCUT2D eigenvalue weighted by Crippen LogP contribution is 2.43. The van der Waals surface area contributed by atoms with Crippen LogP contribution in [0.15, 0.2) is 72.9 Å². The number of aliphatic hydroxyl groups is 1. The molecule has 0 aromatic rings. The number of aliphatic hydroxyl groups excluding tert-OH is 1. The van der Waals surface area contributed by atoms with Gasteiger partial charge < -0.3 is 24.2 Å². The molecule has 0 bridgehead atoms. The van der Waals surface area contributed by atoms with Crippen LogP contribution in [0.5, 0.6) is 0 Å². The van der Waals surface area contributed by atoms with Gasteiger partial charge in [0.25, 0.3) is 0 Å². The van der Waals surface area contributed by atoms with E-state index >= 15 is 0 Å². The van der Waals surface area contributed by atoms with E-state index in [2.05, 4.69) is 81.5 Å². The first kappa shape index (κ1) is 72.9. The maximum atomic E-state index is 12.9. The van der Waals surface area contributed by atoms with E-state index in [1.165, 1.54) is 141 Å². The molecule has 0 heterocycles. The van der Waals surface area contributed by atoms with E-state index in [-0.39, 0.29) is 25.9 Å². The monoisotopic (exact) mass is 1090 g/mol. The lowest BCUT2D eigenvalue weighted by atomic mass is 10.0. The molecule has 0 saturated carbocycles. The van der Waals surface area contributed by atoms with Crippen LogP contribution in [-0.2, 0) is 42.2 Å². The lowest BCUT2D eigenvalue weighted by Crippen LogP contribution is -2.30. The van der Waals surface area contributed by atoms with Crippen molar-refractivity contribution < 1.29 is 52.2 Å². The number of esters is 3. The van der Waals surface area contributed by atoms with E-state index in [0.717, 1.165) is 77.0 Å². The van der Waals surface area contributed by atoms with Crippen molar-refractivity contribution in [2.24, 2.45) is 0 Å². The molecule has 0 spiro atoms. The highest BCUT2D eigenvalue weighted by Gasteiger charge is 2.28. The molecule has 0 amide bonds. The van der Waals surface area contributed by atoms with Gasteiger partial charge >= 0.3 is 25.7 Å². The van der Waals surface area contributed by atoms with Gasteiger partial charge in [-0.15, -0.1) is 0 Å². The van der Waals surface area contributed by atoms with Crippen LogP contribution in [0, 0.1) is 0 Å². The van der Waals surface area contributed by atoms with Crippen molar-refractivity contribution in [1.82, 2.24) is 0 Å². The van der Waals surface area contributed by atoms with E-state index < -0.39 is 57.8 Å². The number of carbonyl (C=O) groups excluding carboxylic acids is 3. The third-order valence-corrected chi connectivity index (χ3v) is 14.1. The summed E-state index contributed by atoms with van der Waals surface area (Å²) in [6.45, 7) is 4.46. The molecule has 11 nitrogen and oxygen atoms in total. The molecule has 0 saturated heterocycles. The predicted octanol–water partition coefficient (Wildman–Crippen LogP) is 18.5. The van der Waals surface area contributed by atoms with E-state index in [1.54, 1.807) is 0 Å². The Morgan fingerprint density at radius 3 is 1.16 bits per heavy atom. The first-order valence-electron chi connectivity index (χ1n) is 30.8. The summed E-state index contributed by atoms with van der Waals surface area (Å²) >= 11 is 0. The fourth-order valence-electron chi connectivity index (χ4n) is 8.46. The average molecular weight is 1090 g/mol. The van der Waals surface area contributed by atoms with Gasteiger partial charge in [-0.3, -0.25) is 23.4 Å². The molecule has 2 N–H and O–H groups in total. The first-order valence-corrected chi connectivity index (χ1v) is 32.3. The van der Waals surface area contributed by atoms with Gasteiger partial charge in [-0.2, -0.15) is 0 Å². The molecular weight excluding hydrogens is 976 g/mol. The van der Waals surface area contributed by atoms with E-state index in [0.29, 0.717) is 19.3 Å². The number of hydrogen-bond acceptors (Lipinski definition) is 10. The second-order valence-corrected chi connectivity index (χ2v) is 21.9. The normalized spacial score (nSPS) is 13.8. The Morgan fingerprint density at radius 1 is 0.382 bits per heavy atom. The van der Waals surface area contributed by atoms with Crippen LogP contribution < -0.4 is 0 Å². The minimum absolute atomic E-state index is 0.0556. The van der Waals surface area contributed by atoms with E-state index in [9.17, 15) is 28.9 Å². The number of phosphoric acid groups is 1. The predicted molar refractivity (Wildman–Crippen MR) is 316 cm³/mol. The molecule has 0 fully saturated rings. The zero-order chi connectivity index (χ0) is 55.5. The highest BCUT2D eigenvalue weighted by atomic mass is 31.2. The molecule has 440 valence electrons. The molecule has 0 aromatic heterocycles. The van der Waals surface area contributed by atoms with Crippen molar-refractivity contribution in [3.05, 3.63) is 72.9 Å². The first-order chi connectivity index (χ1) is 37.2. The van der Waals surface area contributed by atoms with Crippen LogP contribution in [0.4, 0.5) is 0 Å². The van der Waals surface area contributed by atoms with Gasteiger partial charge in [0.05, 0.1) is 19.8 Å².